The van der Waals surface area contributed by atoms with Gasteiger partial charge in [0.15, 0.2) is 0 Å². The number of hydrogen-bond donors (Lipinski definition) is 1. The minimum Gasteiger partial charge on any atom is -0.477 e. The fourth-order valence-electron chi connectivity index (χ4n) is 1.91. The van der Waals surface area contributed by atoms with Crippen molar-refractivity contribution in [1.29, 1.82) is 0 Å². The molecule has 0 spiro atoms. The quantitative estimate of drug-likeness (QED) is 0.921. The van der Waals surface area contributed by atoms with Crippen LogP contribution in [0.15, 0.2) is 35.7 Å². The Hall–Kier alpha value is -2.21. The molecule has 21 heavy (non-hydrogen) atoms. The van der Waals surface area contributed by atoms with Crippen molar-refractivity contribution in [2.24, 2.45) is 0 Å². The number of carbonyl (C=O) groups excluding carboxylic acids is 1. The lowest BCUT2D eigenvalue weighted by Crippen LogP contribution is -2.36. The van der Waals surface area contributed by atoms with Gasteiger partial charge in [-0.1, -0.05) is 12.1 Å². The van der Waals surface area contributed by atoms with Gasteiger partial charge in [0.2, 0.25) is 0 Å². The second kappa shape index (κ2) is 6.49. The molecular weight excluding hydrogens is 288 g/mol. The molecular formula is C15H16N2O3S. The zero-order valence-corrected chi connectivity index (χ0v) is 12.6. The van der Waals surface area contributed by atoms with Gasteiger partial charge in [0.25, 0.3) is 5.91 Å². The Morgan fingerprint density at radius 1 is 1.29 bits per heavy atom. The summed E-state index contributed by atoms with van der Waals surface area (Å²) in [7, 11) is 1.70. The third-order valence-corrected chi connectivity index (χ3v) is 4.14. The fourth-order valence-corrected chi connectivity index (χ4v) is 2.74. The second-order valence-electron chi connectivity index (χ2n) is 4.76. The molecule has 0 fully saturated rings. The van der Waals surface area contributed by atoms with Gasteiger partial charge in [-0.2, -0.15) is 0 Å². The molecule has 0 bridgehead atoms. The number of aromatic carboxylic acids is 1. The zero-order valence-electron chi connectivity index (χ0n) is 11.8. The zero-order chi connectivity index (χ0) is 15.4. The highest BCUT2D eigenvalue weighted by molar-refractivity contribution is 7.09. The molecule has 0 aliphatic carbocycles. The van der Waals surface area contributed by atoms with E-state index in [1.165, 1.54) is 23.1 Å². The van der Waals surface area contributed by atoms with Crippen LogP contribution in [0.25, 0.3) is 0 Å². The van der Waals surface area contributed by atoms with Crippen LogP contribution in [0.1, 0.15) is 32.8 Å². The molecule has 0 radical (unpaired) electrons. The minimum absolute atomic E-state index is 0.00596. The summed E-state index contributed by atoms with van der Waals surface area (Å²) in [4.78, 5) is 29.9. The van der Waals surface area contributed by atoms with E-state index in [9.17, 15) is 9.59 Å². The highest BCUT2D eigenvalue weighted by Gasteiger charge is 2.20. The predicted octanol–water partition coefficient (Wildman–Crippen LogP) is 2.54. The third-order valence-electron chi connectivity index (χ3n) is 3.25. The molecule has 0 aromatic carbocycles. The van der Waals surface area contributed by atoms with Crippen molar-refractivity contribution in [3.05, 3.63) is 52.0 Å². The Morgan fingerprint density at radius 2 is 2.00 bits per heavy atom. The maximum Gasteiger partial charge on any atom is 0.354 e. The van der Waals surface area contributed by atoms with E-state index in [1.807, 2.05) is 24.4 Å². The molecule has 110 valence electrons. The first kappa shape index (κ1) is 15.2. The molecule has 1 N–H and O–H groups in total. The number of carboxylic acid groups (broad SMARTS) is 1. The average molecular weight is 304 g/mol. The number of likely N-dealkylation sites (N-methyl/N-ethyl adjacent to an activating group) is 1. The molecule has 0 aliphatic heterocycles. The van der Waals surface area contributed by atoms with E-state index in [2.05, 4.69) is 4.98 Å². The van der Waals surface area contributed by atoms with Crippen molar-refractivity contribution in [2.45, 2.75) is 19.4 Å². The summed E-state index contributed by atoms with van der Waals surface area (Å²) in [6, 6.07) is 8.44. The van der Waals surface area contributed by atoms with Crippen molar-refractivity contribution in [3.63, 3.8) is 0 Å². The van der Waals surface area contributed by atoms with Gasteiger partial charge in [0.1, 0.15) is 11.4 Å². The molecule has 2 heterocycles. The summed E-state index contributed by atoms with van der Waals surface area (Å²) in [6.45, 7) is 1.96. The molecule has 1 atom stereocenters. The van der Waals surface area contributed by atoms with Crippen LogP contribution >= 0.6 is 11.3 Å². The molecule has 1 unspecified atom stereocenters. The predicted molar refractivity (Wildman–Crippen MR) is 80.8 cm³/mol. The second-order valence-corrected chi connectivity index (χ2v) is 5.79. The van der Waals surface area contributed by atoms with Crippen molar-refractivity contribution in [3.8, 4) is 0 Å². The van der Waals surface area contributed by atoms with Crippen molar-refractivity contribution < 1.29 is 14.7 Å². The van der Waals surface area contributed by atoms with E-state index in [1.54, 1.807) is 23.3 Å². The Kier molecular flexibility index (Phi) is 4.70. The van der Waals surface area contributed by atoms with Gasteiger partial charge in [-0.3, -0.25) is 4.79 Å². The summed E-state index contributed by atoms with van der Waals surface area (Å²) >= 11 is 1.65. The number of thiophene rings is 1. The first-order chi connectivity index (χ1) is 9.99. The van der Waals surface area contributed by atoms with Crippen LogP contribution in [0.3, 0.4) is 0 Å². The molecule has 0 saturated heterocycles. The van der Waals surface area contributed by atoms with E-state index >= 15 is 0 Å². The van der Waals surface area contributed by atoms with Crippen LogP contribution in [0.5, 0.6) is 0 Å². The number of amides is 1. The van der Waals surface area contributed by atoms with Crippen molar-refractivity contribution >= 4 is 23.2 Å². The van der Waals surface area contributed by atoms with Gasteiger partial charge in [-0.25, -0.2) is 9.78 Å². The van der Waals surface area contributed by atoms with Gasteiger partial charge in [0, 0.05) is 24.4 Å². The number of hydrogen-bond acceptors (Lipinski definition) is 4. The largest absolute Gasteiger partial charge is 0.477 e. The number of carboxylic acids is 1. The number of pyridine rings is 1. The van der Waals surface area contributed by atoms with E-state index in [0.29, 0.717) is 0 Å². The van der Waals surface area contributed by atoms with E-state index < -0.39 is 5.97 Å². The highest BCUT2D eigenvalue weighted by atomic mass is 32.1. The lowest BCUT2D eigenvalue weighted by Gasteiger charge is -2.24. The normalized spacial score (nSPS) is 11.9. The fraction of sp³-hybridized carbons (Fsp3) is 0.267. The smallest absolute Gasteiger partial charge is 0.354 e. The summed E-state index contributed by atoms with van der Waals surface area (Å²) < 4.78 is 0. The number of aromatic nitrogens is 1. The van der Waals surface area contributed by atoms with Crippen molar-refractivity contribution in [2.75, 3.05) is 7.05 Å². The first-order valence-electron chi connectivity index (χ1n) is 6.49. The Labute approximate surface area is 126 Å². The van der Waals surface area contributed by atoms with Crippen LogP contribution in [0, 0.1) is 0 Å². The number of nitrogens with zero attached hydrogens (tertiary/aromatic N) is 2. The first-order valence-corrected chi connectivity index (χ1v) is 7.37. The van der Waals surface area contributed by atoms with Gasteiger partial charge in [0.05, 0.1) is 0 Å². The molecule has 5 nitrogen and oxygen atoms in total. The maximum absolute atomic E-state index is 12.4. The monoisotopic (exact) mass is 304 g/mol. The molecule has 1 amide bonds. The molecule has 2 rings (SSSR count). The summed E-state index contributed by atoms with van der Waals surface area (Å²) in [6.07, 6.45) is 0.762. The van der Waals surface area contributed by atoms with Crippen LogP contribution < -0.4 is 0 Å². The maximum atomic E-state index is 12.4. The van der Waals surface area contributed by atoms with E-state index in [0.717, 1.165) is 6.42 Å². The molecule has 0 saturated carbocycles. The minimum atomic E-state index is -1.14. The van der Waals surface area contributed by atoms with E-state index in [4.69, 9.17) is 5.11 Å². The van der Waals surface area contributed by atoms with Gasteiger partial charge in [-0.05, 0) is 30.5 Å². The SMILES string of the molecule is CC(Cc1cccs1)N(C)C(=O)c1cccc(C(=O)O)n1. The number of rotatable bonds is 5. The van der Waals surface area contributed by atoms with Crippen LogP contribution in [-0.4, -0.2) is 40.0 Å². The highest BCUT2D eigenvalue weighted by Crippen LogP contribution is 2.15. The summed E-state index contributed by atoms with van der Waals surface area (Å²) in [5, 5.41) is 10.9. The Morgan fingerprint density at radius 3 is 2.62 bits per heavy atom. The standard InChI is InChI=1S/C15H16N2O3S/c1-10(9-11-5-4-8-21-11)17(2)14(18)12-6-3-7-13(16-12)15(19)20/h3-8,10H,9H2,1-2H3,(H,19,20). The van der Waals surface area contributed by atoms with Crippen LogP contribution in [-0.2, 0) is 6.42 Å². The van der Waals surface area contributed by atoms with E-state index in [-0.39, 0.29) is 23.3 Å². The third kappa shape index (κ3) is 3.66. The van der Waals surface area contributed by atoms with Crippen molar-refractivity contribution in [1.82, 2.24) is 9.88 Å². The van der Waals surface area contributed by atoms with Gasteiger partial charge in [-0.15, -0.1) is 11.3 Å². The lowest BCUT2D eigenvalue weighted by molar-refractivity contribution is 0.0689. The number of carbonyl (C=O) groups is 2. The molecule has 6 heteroatoms. The Balaban J connectivity index is 2.11. The molecule has 2 aromatic rings. The summed E-state index contributed by atoms with van der Waals surface area (Å²) in [5.41, 5.74) is 0.0237. The average Bonchev–Trinajstić information content (AvgIpc) is 2.98. The van der Waals surface area contributed by atoms with Gasteiger partial charge >= 0.3 is 5.97 Å². The Bertz CT molecular complexity index is 640. The van der Waals surface area contributed by atoms with Crippen LogP contribution in [0.2, 0.25) is 0 Å². The molecule has 2 aromatic heterocycles. The summed E-state index contributed by atoms with van der Waals surface area (Å²) in [5.74, 6) is -1.42. The van der Waals surface area contributed by atoms with Gasteiger partial charge < -0.3 is 10.0 Å². The van der Waals surface area contributed by atoms with Crippen LogP contribution in [0.4, 0.5) is 0 Å². The topological polar surface area (TPSA) is 70.5 Å². The molecule has 0 aliphatic rings. The lowest BCUT2D eigenvalue weighted by atomic mass is 10.1.